The number of fused-ring (bicyclic) bond motifs is 1. The predicted molar refractivity (Wildman–Crippen MR) is 111 cm³/mol. The molecule has 1 amide bonds. The fraction of sp³-hybridized carbons (Fsp3) is 0.409. The molecule has 0 radical (unpaired) electrons. The number of amides is 1. The second-order valence-electron chi connectivity index (χ2n) is 7.46. The van der Waals surface area contributed by atoms with Gasteiger partial charge in [-0.3, -0.25) is 4.79 Å². The van der Waals surface area contributed by atoms with E-state index in [2.05, 4.69) is 10.9 Å². The Morgan fingerprint density at radius 1 is 1.10 bits per heavy atom. The molecule has 2 heterocycles. The van der Waals surface area contributed by atoms with Crippen LogP contribution in [0.2, 0.25) is 5.02 Å². The lowest BCUT2D eigenvalue weighted by Crippen LogP contribution is -2.41. The summed E-state index contributed by atoms with van der Waals surface area (Å²) >= 11 is 6.10. The van der Waals surface area contributed by atoms with Gasteiger partial charge in [0.25, 0.3) is 0 Å². The fourth-order valence-corrected chi connectivity index (χ4v) is 4.63. The lowest BCUT2D eigenvalue weighted by molar-refractivity contribution is -0.131. The van der Waals surface area contributed by atoms with Crippen LogP contribution in [0.15, 0.2) is 48.5 Å². The highest BCUT2D eigenvalue weighted by Gasteiger charge is 2.55. The minimum absolute atomic E-state index is 0.0657. The number of nitrogens with zero attached hydrogens (tertiary/aromatic N) is 1. The summed E-state index contributed by atoms with van der Waals surface area (Å²) in [4.78, 5) is 15.2. The Bertz CT molecular complexity index is 861. The number of rotatable bonds is 7. The van der Waals surface area contributed by atoms with Crippen LogP contribution < -0.4 is 10.9 Å². The van der Waals surface area contributed by atoms with Crippen molar-refractivity contribution < 1.29 is 14.6 Å². The van der Waals surface area contributed by atoms with E-state index in [1.165, 1.54) is 0 Å². The van der Waals surface area contributed by atoms with Crippen molar-refractivity contribution in [1.29, 1.82) is 0 Å². The average molecular weight is 416 g/mol. The van der Waals surface area contributed by atoms with Crippen molar-refractivity contribution in [2.24, 2.45) is 5.92 Å². The number of benzene rings is 2. The molecule has 4 unspecified atom stereocenters. The summed E-state index contributed by atoms with van der Waals surface area (Å²) in [6.07, 6.45) is 0.776. The second kappa shape index (κ2) is 8.71. The Morgan fingerprint density at radius 3 is 2.55 bits per heavy atom. The zero-order valence-electron chi connectivity index (χ0n) is 16.3. The molecular formula is C22H26ClN3O3. The number of hydrogen-bond donors (Lipinski definition) is 3. The number of carbonyl (C=O) groups is 1. The van der Waals surface area contributed by atoms with Crippen molar-refractivity contribution in [2.45, 2.75) is 31.5 Å². The molecule has 2 fully saturated rings. The summed E-state index contributed by atoms with van der Waals surface area (Å²) in [6, 6.07) is 14.3. The maximum absolute atomic E-state index is 13.3. The first-order valence-corrected chi connectivity index (χ1v) is 10.4. The molecule has 0 saturated carbocycles. The van der Waals surface area contributed by atoms with Crippen LogP contribution in [0.3, 0.4) is 0 Å². The number of para-hydroxylation sites is 1. The normalized spacial score (nSPS) is 26.1. The molecule has 0 aliphatic carbocycles. The first-order chi connectivity index (χ1) is 14.1. The molecule has 0 bridgehead atoms. The standard InChI is InChI=1S/C22H26ClN3O3/c1-2-29-13-5-12-26-21(14-8-10-15(23)11-9-14)18-19(24-25-20(18)22(26)28)16-6-3-4-7-17(16)27/h3-4,6-11,18-21,24-25,27H,2,5,12-13H2,1H3. The van der Waals surface area contributed by atoms with E-state index in [-0.39, 0.29) is 35.7 Å². The van der Waals surface area contributed by atoms with Crippen molar-refractivity contribution in [1.82, 2.24) is 15.8 Å². The van der Waals surface area contributed by atoms with Crippen molar-refractivity contribution in [2.75, 3.05) is 19.8 Å². The zero-order chi connectivity index (χ0) is 20.4. The molecule has 3 N–H and O–H groups in total. The quantitative estimate of drug-likeness (QED) is 0.605. The van der Waals surface area contributed by atoms with Gasteiger partial charge < -0.3 is 14.7 Å². The van der Waals surface area contributed by atoms with Gasteiger partial charge in [0.2, 0.25) is 5.91 Å². The van der Waals surface area contributed by atoms with E-state index in [0.717, 1.165) is 17.5 Å². The van der Waals surface area contributed by atoms with Crippen LogP contribution in [-0.2, 0) is 9.53 Å². The molecule has 4 rings (SSSR count). The number of hydrogen-bond acceptors (Lipinski definition) is 5. The molecule has 2 aliphatic heterocycles. The van der Waals surface area contributed by atoms with Crippen LogP contribution in [0.4, 0.5) is 0 Å². The van der Waals surface area contributed by atoms with Gasteiger partial charge >= 0.3 is 0 Å². The monoisotopic (exact) mass is 415 g/mol. The SMILES string of the molecule is CCOCCCN1C(=O)C2NNC(c3ccccc3O)C2C1c1ccc(Cl)cc1. The summed E-state index contributed by atoms with van der Waals surface area (Å²) in [5.41, 5.74) is 8.25. The Hall–Kier alpha value is -2.12. The number of aromatic hydroxyl groups is 1. The van der Waals surface area contributed by atoms with E-state index in [4.69, 9.17) is 16.3 Å². The number of nitrogens with one attached hydrogen (secondary N) is 2. The Balaban J connectivity index is 1.68. The topological polar surface area (TPSA) is 73.8 Å². The predicted octanol–water partition coefficient (Wildman–Crippen LogP) is 3.19. The molecule has 2 aliphatic rings. The number of likely N-dealkylation sites (tertiary alicyclic amines) is 1. The zero-order valence-corrected chi connectivity index (χ0v) is 17.1. The molecule has 7 heteroatoms. The highest BCUT2D eigenvalue weighted by Crippen LogP contribution is 2.48. The van der Waals surface area contributed by atoms with Gasteiger partial charge in [-0.25, -0.2) is 10.9 Å². The smallest absolute Gasteiger partial charge is 0.242 e. The summed E-state index contributed by atoms with van der Waals surface area (Å²) < 4.78 is 5.47. The van der Waals surface area contributed by atoms with Gasteiger partial charge in [0.1, 0.15) is 11.8 Å². The van der Waals surface area contributed by atoms with Gasteiger partial charge in [0.05, 0.1) is 12.1 Å². The van der Waals surface area contributed by atoms with Gasteiger partial charge in [-0.05, 0) is 37.1 Å². The Labute approximate surface area is 175 Å². The number of carbonyl (C=O) groups excluding carboxylic acids is 1. The summed E-state index contributed by atoms with van der Waals surface area (Å²) in [5.74, 6) is 0.227. The van der Waals surface area contributed by atoms with Gasteiger partial charge in [0, 0.05) is 36.3 Å². The fourth-order valence-electron chi connectivity index (χ4n) is 4.51. The van der Waals surface area contributed by atoms with Crippen LogP contribution in [0.5, 0.6) is 5.75 Å². The highest BCUT2D eigenvalue weighted by molar-refractivity contribution is 6.30. The summed E-state index contributed by atoms with van der Waals surface area (Å²) in [5, 5.41) is 11.1. The highest BCUT2D eigenvalue weighted by atomic mass is 35.5. The molecule has 2 aromatic rings. The second-order valence-corrected chi connectivity index (χ2v) is 7.90. The molecule has 154 valence electrons. The molecule has 0 aromatic heterocycles. The first-order valence-electron chi connectivity index (χ1n) is 10.0. The van der Waals surface area contributed by atoms with Gasteiger partial charge in [-0.1, -0.05) is 41.9 Å². The van der Waals surface area contributed by atoms with E-state index < -0.39 is 0 Å². The number of phenolic OH excluding ortho intramolecular Hbond substituents is 1. The minimum atomic E-state index is -0.354. The molecule has 4 atom stereocenters. The van der Waals surface area contributed by atoms with Crippen LogP contribution in [0.1, 0.15) is 36.6 Å². The van der Waals surface area contributed by atoms with E-state index >= 15 is 0 Å². The molecule has 0 spiro atoms. The van der Waals surface area contributed by atoms with Crippen molar-refractivity contribution in [3.63, 3.8) is 0 Å². The van der Waals surface area contributed by atoms with Crippen molar-refractivity contribution >= 4 is 17.5 Å². The maximum atomic E-state index is 13.3. The van der Waals surface area contributed by atoms with Gasteiger partial charge in [-0.15, -0.1) is 0 Å². The molecule has 29 heavy (non-hydrogen) atoms. The number of halogens is 1. The van der Waals surface area contributed by atoms with Crippen molar-refractivity contribution in [3.8, 4) is 5.75 Å². The van der Waals surface area contributed by atoms with E-state index in [0.29, 0.717) is 24.8 Å². The van der Waals surface area contributed by atoms with E-state index in [1.54, 1.807) is 12.1 Å². The van der Waals surface area contributed by atoms with Crippen LogP contribution >= 0.6 is 11.6 Å². The number of ether oxygens (including phenoxy) is 1. The first kappa shape index (κ1) is 20.2. The number of phenols is 1. The average Bonchev–Trinajstić information content (AvgIpc) is 3.26. The molecule has 2 aromatic carbocycles. The lowest BCUT2D eigenvalue weighted by atomic mass is 9.83. The van der Waals surface area contributed by atoms with E-state index in [1.807, 2.05) is 48.2 Å². The third-order valence-electron chi connectivity index (χ3n) is 5.79. The van der Waals surface area contributed by atoms with Gasteiger partial charge in [-0.2, -0.15) is 0 Å². The van der Waals surface area contributed by atoms with Crippen LogP contribution in [0, 0.1) is 5.92 Å². The molecule has 2 saturated heterocycles. The third kappa shape index (κ3) is 3.85. The Morgan fingerprint density at radius 2 is 1.83 bits per heavy atom. The largest absolute Gasteiger partial charge is 0.508 e. The maximum Gasteiger partial charge on any atom is 0.242 e. The van der Waals surface area contributed by atoms with Crippen LogP contribution in [-0.4, -0.2) is 41.7 Å². The third-order valence-corrected chi connectivity index (χ3v) is 6.04. The minimum Gasteiger partial charge on any atom is -0.508 e. The van der Waals surface area contributed by atoms with E-state index in [9.17, 15) is 9.90 Å². The number of hydrazine groups is 1. The van der Waals surface area contributed by atoms with Gasteiger partial charge in [0.15, 0.2) is 0 Å². The Kier molecular flexibility index (Phi) is 6.06. The van der Waals surface area contributed by atoms with Crippen molar-refractivity contribution in [3.05, 3.63) is 64.7 Å². The molecule has 6 nitrogen and oxygen atoms in total. The summed E-state index contributed by atoms with van der Waals surface area (Å²) in [6.45, 7) is 3.88. The lowest BCUT2D eigenvalue weighted by Gasteiger charge is -2.31. The van der Waals surface area contributed by atoms with Crippen LogP contribution in [0.25, 0.3) is 0 Å². The summed E-state index contributed by atoms with van der Waals surface area (Å²) in [7, 11) is 0. The molecular weight excluding hydrogens is 390 g/mol.